The van der Waals surface area contributed by atoms with E-state index in [0.717, 1.165) is 6.42 Å². The topological polar surface area (TPSA) is 0 Å². The van der Waals surface area contributed by atoms with Gasteiger partial charge in [-0.3, -0.25) is 0 Å². The van der Waals surface area contributed by atoms with Crippen molar-refractivity contribution in [3.8, 4) is 0 Å². The molecule has 0 aromatic rings. The number of allylic oxidation sites excluding steroid dienone is 6. The summed E-state index contributed by atoms with van der Waals surface area (Å²) in [5.74, 6) is 2.18. The maximum atomic E-state index is 3.72. The zero-order chi connectivity index (χ0) is 7.68. The Morgan fingerprint density at radius 1 is 1.45 bits per heavy atom. The van der Waals surface area contributed by atoms with Gasteiger partial charge in [0, 0.05) is 5.29 Å². The van der Waals surface area contributed by atoms with E-state index in [1.54, 1.807) is 0 Å². The molecule has 0 fully saturated rings. The largest absolute Gasteiger partial charge is 0.103 e. The molecule has 0 unspecified atom stereocenters. The number of rotatable bonds is 2. The smallest absolute Gasteiger partial charge is 0.00932 e. The zero-order valence-electron chi connectivity index (χ0n) is 6.25. The summed E-state index contributed by atoms with van der Waals surface area (Å²) in [5, 5.41) is 1.45. The van der Waals surface area contributed by atoms with Crippen LogP contribution in [0, 0.1) is 0 Å². The average molecular weight is 160 g/mol. The van der Waals surface area contributed by atoms with Crippen LogP contribution in [0.4, 0.5) is 0 Å². The maximum Gasteiger partial charge on any atom is 0.00932 e. The number of fused-ring (bicyclic) bond motifs is 1. The van der Waals surface area contributed by atoms with E-state index in [1.165, 1.54) is 24.6 Å². The van der Waals surface area contributed by atoms with Crippen molar-refractivity contribution < 1.29 is 0 Å². The molecule has 0 N–H and O–H groups in total. The Morgan fingerprint density at radius 2 is 2.36 bits per heavy atom. The van der Waals surface area contributed by atoms with E-state index in [0.29, 0.717) is 0 Å². The standard InChI is InChI=1S/C10H9P/c1-2-3-8-6-9-4-5-11-10(9)7-8/h2,4-7H,1,3H2. The van der Waals surface area contributed by atoms with Crippen LogP contribution in [0.1, 0.15) is 6.42 Å². The van der Waals surface area contributed by atoms with Gasteiger partial charge in [0.05, 0.1) is 0 Å². The molecule has 1 aliphatic carbocycles. The Labute approximate surface area is 68.4 Å². The van der Waals surface area contributed by atoms with Gasteiger partial charge in [0.15, 0.2) is 0 Å². The summed E-state index contributed by atoms with van der Waals surface area (Å²) in [4.78, 5) is 0. The summed E-state index contributed by atoms with van der Waals surface area (Å²) in [6.45, 7) is 3.72. The Morgan fingerprint density at radius 3 is 3.09 bits per heavy atom. The minimum atomic E-state index is 0.996. The van der Waals surface area contributed by atoms with E-state index in [4.69, 9.17) is 0 Å². The summed E-state index contributed by atoms with van der Waals surface area (Å²) in [7, 11) is 1.34. The van der Waals surface area contributed by atoms with Gasteiger partial charge >= 0.3 is 0 Å². The molecule has 1 aliphatic heterocycles. The van der Waals surface area contributed by atoms with E-state index in [1.807, 2.05) is 6.08 Å². The van der Waals surface area contributed by atoms with Gasteiger partial charge in [-0.15, -0.1) is 6.58 Å². The molecule has 0 amide bonds. The molecular formula is C10H9P. The Bertz CT molecular complexity index is 314. The van der Waals surface area contributed by atoms with Gasteiger partial charge in [-0.25, -0.2) is 0 Å². The molecule has 0 aromatic heterocycles. The molecule has 0 saturated heterocycles. The van der Waals surface area contributed by atoms with Crippen LogP contribution >= 0.6 is 8.20 Å². The molecule has 1 heterocycles. The van der Waals surface area contributed by atoms with Gasteiger partial charge in [0.25, 0.3) is 0 Å². The first kappa shape index (κ1) is 6.82. The van der Waals surface area contributed by atoms with Gasteiger partial charge < -0.3 is 0 Å². The van der Waals surface area contributed by atoms with Gasteiger partial charge in [0.1, 0.15) is 0 Å². The predicted octanol–water partition coefficient (Wildman–Crippen LogP) is 3.07. The van der Waals surface area contributed by atoms with Crippen LogP contribution in [0.25, 0.3) is 0 Å². The highest BCUT2D eigenvalue weighted by atomic mass is 31.1. The second-order valence-corrected chi connectivity index (χ2v) is 3.68. The van der Waals surface area contributed by atoms with E-state index in [-0.39, 0.29) is 0 Å². The van der Waals surface area contributed by atoms with Crippen molar-refractivity contribution >= 4 is 13.5 Å². The molecular weight excluding hydrogens is 151 g/mol. The minimum Gasteiger partial charge on any atom is -0.103 e. The van der Waals surface area contributed by atoms with Crippen molar-refractivity contribution in [1.29, 1.82) is 0 Å². The summed E-state index contributed by atoms with van der Waals surface area (Å²) < 4.78 is 0. The third-order valence-corrected chi connectivity index (χ3v) is 2.77. The fraction of sp³-hybridized carbons (Fsp3) is 0.100. The first-order valence-electron chi connectivity index (χ1n) is 3.68. The lowest BCUT2D eigenvalue weighted by Gasteiger charge is -1.87. The second kappa shape index (κ2) is 2.64. The molecule has 0 bridgehead atoms. The first-order valence-corrected chi connectivity index (χ1v) is 4.64. The van der Waals surface area contributed by atoms with Crippen LogP contribution in [0.15, 0.2) is 47.8 Å². The normalized spacial score (nSPS) is 20.5. The molecule has 54 valence electrons. The molecule has 0 radical (unpaired) electrons. The van der Waals surface area contributed by atoms with Gasteiger partial charge in [0.2, 0.25) is 0 Å². The molecule has 2 rings (SSSR count). The van der Waals surface area contributed by atoms with Crippen molar-refractivity contribution in [3.63, 3.8) is 0 Å². The molecule has 0 aromatic carbocycles. The van der Waals surface area contributed by atoms with Gasteiger partial charge in [-0.2, -0.15) is 0 Å². The molecule has 0 nitrogen and oxygen atoms in total. The summed E-state index contributed by atoms with van der Waals surface area (Å²) in [6.07, 6.45) is 9.64. The van der Waals surface area contributed by atoms with E-state index in [9.17, 15) is 0 Å². The highest BCUT2D eigenvalue weighted by molar-refractivity contribution is 7.46. The van der Waals surface area contributed by atoms with Crippen LogP contribution in [0.5, 0.6) is 0 Å². The van der Waals surface area contributed by atoms with Crippen LogP contribution in [-0.4, -0.2) is 5.29 Å². The van der Waals surface area contributed by atoms with Crippen molar-refractivity contribution in [2.45, 2.75) is 6.42 Å². The van der Waals surface area contributed by atoms with Crippen molar-refractivity contribution in [2.24, 2.45) is 0 Å². The van der Waals surface area contributed by atoms with Crippen LogP contribution in [0.2, 0.25) is 0 Å². The lowest BCUT2D eigenvalue weighted by Crippen LogP contribution is -1.81. The van der Waals surface area contributed by atoms with Gasteiger partial charge in [-0.1, -0.05) is 20.4 Å². The summed E-state index contributed by atoms with van der Waals surface area (Å²) in [5.41, 5.74) is 2.78. The fourth-order valence-corrected chi connectivity index (χ4v) is 2.23. The van der Waals surface area contributed by atoms with Crippen LogP contribution < -0.4 is 0 Å². The Balaban J connectivity index is 2.26. The molecule has 0 saturated carbocycles. The Hall–Kier alpha value is -0.870. The number of hydrogen-bond donors (Lipinski definition) is 0. The highest BCUT2D eigenvalue weighted by Gasteiger charge is 2.11. The molecule has 11 heavy (non-hydrogen) atoms. The molecule has 0 spiro atoms. The first-order chi connectivity index (χ1) is 5.40. The molecule has 2 aliphatic rings. The van der Waals surface area contributed by atoms with Gasteiger partial charge in [-0.05, 0) is 35.5 Å². The third kappa shape index (κ3) is 1.15. The van der Waals surface area contributed by atoms with Crippen LogP contribution in [0.3, 0.4) is 0 Å². The highest BCUT2D eigenvalue weighted by Crippen LogP contribution is 2.28. The van der Waals surface area contributed by atoms with Crippen molar-refractivity contribution in [3.05, 3.63) is 47.8 Å². The summed E-state index contributed by atoms with van der Waals surface area (Å²) >= 11 is 0. The SMILES string of the molecule is C=CCC1=CC2=PC=CC2=C1. The lowest BCUT2D eigenvalue weighted by atomic mass is 10.2. The molecule has 0 atom stereocenters. The fourth-order valence-electron chi connectivity index (χ4n) is 1.30. The van der Waals surface area contributed by atoms with Crippen molar-refractivity contribution in [1.82, 2.24) is 0 Å². The lowest BCUT2D eigenvalue weighted by molar-refractivity contribution is 1.31. The number of hydrogen-bond acceptors (Lipinski definition) is 0. The van der Waals surface area contributed by atoms with E-state index < -0.39 is 0 Å². The second-order valence-electron chi connectivity index (χ2n) is 2.64. The maximum absolute atomic E-state index is 3.72. The zero-order valence-corrected chi connectivity index (χ0v) is 7.14. The van der Waals surface area contributed by atoms with Crippen LogP contribution in [-0.2, 0) is 0 Å². The minimum absolute atomic E-state index is 0.996. The monoisotopic (exact) mass is 160 g/mol. The predicted molar refractivity (Wildman–Crippen MR) is 52.0 cm³/mol. The van der Waals surface area contributed by atoms with E-state index >= 15 is 0 Å². The van der Waals surface area contributed by atoms with Crippen molar-refractivity contribution in [2.75, 3.05) is 0 Å². The summed E-state index contributed by atoms with van der Waals surface area (Å²) in [6, 6.07) is 0. The quantitative estimate of drug-likeness (QED) is 0.430. The third-order valence-electron chi connectivity index (χ3n) is 1.81. The Kier molecular flexibility index (Phi) is 1.63. The van der Waals surface area contributed by atoms with E-state index in [2.05, 4.69) is 30.6 Å². The molecule has 1 heteroatoms. The average Bonchev–Trinajstić information content (AvgIpc) is 2.46.